The second kappa shape index (κ2) is 12.7. The molecule has 0 aliphatic carbocycles. The molecule has 0 aromatic heterocycles. The first kappa shape index (κ1) is 29.8. The van der Waals surface area contributed by atoms with Crippen molar-refractivity contribution in [1.82, 2.24) is 0 Å². The monoisotopic (exact) mass is 582 g/mol. The van der Waals surface area contributed by atoms with E-state index in [1.165, 1.54) is 24.3 Å². The van der Waals surface area contributed by atoms with Crippen molar-refractivity contribution in [2.45, 2.75) is 11.8 Å². The Morgan fingerprint density at radius 1 is 0.800 bits per heavy atom. The molecule has 0 heterocycles. The van der Waals surface area contributed by atoms with Gasteiger partial charge in [0, 0.05) is 10.5 Å². The summed E-state index contributed by atoms with van der Waals surface area (Å²) >= 11 is 21.4. The number of esters is 2. The average molecular weight is 584 g/mol. The zero-order valence-electron chi connectivity index (χ0n) is 17.9. The second-order valence-electron chi connectivity index (χ2n) is 6.75. The van der Waals surface area contributed by atoms with Crippen LogP contribution in [0.5, 0.6) is 11.5 Å². The summed E-state index contributed by atoms with van der Waals surface area (Å²) in [7, 11) is 0. The molecule has 7 nitrogen and oxygen atoms in total. The predicted molar refractivity (Wildman–Crippen MR) is 127 cm³/mol. The van der Waals surface area contributed by atoms with Gasteiger partial charge in [0.15, 0.2) is 11.5 Å². The van der Waals surface area contributed by atoms with E-state index in [9.17, 15) is 23.1 Å². The normalized spacial score (nSPS) is 11.3. The minimum absolute atomic E-state index is 0. The van der Waals surface area contributed by atoms with Gasteiger partial charge >= 0.3 is 41.5 Å². The van der Waals surface area contributed by atoms with Gasteiger partial charge in [0.2, 0.25) is 0 Å². The predicted octanol–water partition coefficient (Wildman–Crippen LogP) is 3.10. The van der Waals surface area contributed by atoms with Gasteiger partial charge in [0.05, 0.1) is 31.2 Å². The van der Waals surface area contributed by atoms with E-state index in [1.807, 2.05) is 0 Å². The average Bonchev–Trinajstić information content (AvgIpc) is 2.77. The maximum Gasteiger partial charge on any atom is 1.00 e. The van der Waals surface area contributed by atoms with Crippen molar-refractivity contribution in [3.05, 3.63) is 84.8 Å². The topological polar surface area (TPSA) is 110 Å². The molecule has 0 bridgehead atoms. The second-order valence-corrected chi connectivity index (χ2v) is 9.32. The first-order valence-electron chi connectivity index (χ1n) is 9.08. The van der Waals surface area contributed by atoms with Gasteiger partial charge < -0.3 is 14.0 Å². The van der Waals surface area contributed by atoms with Gasteiger partial charge in [0.25, 0.3) is 0 Å². The molecule has 35 heavy (non-hydrogen) atoms. The summed E-state index contributed by atoms with van der Waals surface area (Å²) in [5, 5.41) is -0.140. The van der Waals surface area contributed by atoms with Crippen molar-refractivity contribution in [3.63, 3.8) is 0 Å². The quantitative estimate of drug-likeness (QED) is 0.144. The van der Waals surface area contributed by atoms with Crippen LogP contribution in [0.25, 0.3) is 0 Å². The fourth-order valence-corrected chi connectivity index (χ4v) is 4.46. The van der Waals surface area contributed by atoms with E-state index in [-0.39, 0.29) is 77.8 Å². The Morgan fingerprint density at radius 3 is 1.57 bits per heavy atom. The van der Waals surface area contributed by atoms with E-state index in [2.05, 4.69) is 0 Å². The first-order chi connectivity index (χ1) is 16.0. The molecule has 0 aliphatic rings. The Morgan fingerprint density at radius 2 is 1.20 bits per heavy atom. The summed E-state index contributed by atoms with van der Waals surface area (Å²) in [5.74, 6) is -2.49. The molecule has 1 unspecified atom stereocenters. The van der Waals surface area contributed by atoms with Crippen LogP contribution in [-0.4, -0.2) is 27.0 Å². The van der Waals surface area contributed by atoms with Crippen LogP contribution in [0.1, 0.15) is 36.6 Å². The Labute approximate surface area is 244 Å². The molecule has 0 fully saturated rings. The van der Waals surface area contributed by atoms with Gasteiger partial charge in [-0.3, -0.25) is 9.00 Å². The Bertz CT molecular complexity index is 1320. The number of hydrogen-bond donors (Lipinski definition) is 0. The van der Waals surface area contributed by atoms with Crippen molar-refractivity contribution in [2.24, 2.45) is 0 Å². The van der Waals surface area contributed by atoms with Gasteiger partial charge in [0.1, 0.15) is 6.29 Å². The zero-order valence-corrected chi connectivity index (χ0v) is 23.7. The molecule has 0 aliphatic heterocycles. The van der Waals surface area contributed by atoms with Crippen molar-refractivity contribution < 1.29 is 62.2 Å². The number of hydrogen-bond acceptors (Lipinski definition) is 7. The van der Waals surface area contributed by atoms with Crippen molar-refractivity contribution in [2.75, 3.05) is 0 Å². The van der Waals surface area contributed by atoms with Crippen LogP contribution in [0.4, 0.5) is 0 Å². The molecule has 0 radical (unpaired) electrons. The fraction of sp³-hybridized carbons (Fsp3) is 0.0455. The molecule has 0 N–H and O–H groups in total. The smallest absolute Gasteiger partial charge is 0.768 e. The summed E-state index contributed by atoms with van der Waals surface area (Å²) < 4.78 is 33.6. The molecule has 0 spiro atoms. The minimum atomic E-state index is -2.81. The van der Waals surface area contributed by atoms with Gasteiger partial charge in [-0.05, 0) is 66.0 Å². The molecular formula is C22H11Cl4NaO7S. The number of benzene rings is 3. The number of ether oxygens (including phenoxy) is 2. The fourth-order valence-electron chi connectivity index (χ4n) is 2.76. The van der Waals surface area contributed by atoms with Crippen LogP contribution in [0.3, 0.4) is 0 Å². The van der Waals surface area contributed by atoms with Crippen LogP contribution < -0.4 is 39.0 Å². The Hall–Kier alpha value is -1.46. The number of aldehydes is 1. The molecule has 3 aromatic carbocycles. The molecule has 1 atom stereocenters. The maximum absolute atomic E-state index is 12.7. The molecule has 0 amide bonds. The summed E-state index contributed by atoms with van der Waals surface area (Å²) in [4.78, 5) is 36.0. The summed E-state index contributed by atoms with van der Waals surface area (Å²) in [5.41, 5.74) is 0.260. The number of rotatable bonds is 6. The van der Waals surface area contributed by atoms with Crippen LogP contribution >= 0.6 is 46.4 Å². The number of carbonyl (C=O) groups excluding carboxylic acids is 3. The van der Waals surface area contributed by atoms with Crippen LogP contribution in [0.2, 0.25) is 20.1 Å². The summed E-state index contributed by atoms with van der Waals surface area (Å²) in [6.45, 7) is 1.74. The molecule has 3 aromatic rings. The third kappa shape index (κ3) is 7.29. The van der Waals surface area contributed by atoms with Gasteiger partial charge in [-0.15, -0.1) is 0 Å². The summed E-state index contributed by atoms with van der Waals surface area (Å²) in [6.07, 6.45) is 0.501. The summed E-state index contributed by atoms with van der Waals surface area (Å²) in [6, 6.07) is 8.52. The number of aryl methyl sites for hydroxylation is 1. The van der Waals surface area contributed by atoms with Crippen LogP contribution in [-0.2, 0) is 11.1 Å². The van der Waals surface area contributed by atoms with E-state index >= 15 is 0 Å². The SMILES string of the molecule is Cc1cc(Cl)c(OC(=O)c2cc(C(=O)Oc3c(Cl)cc(C=O)cc3Cl)cc(S(=O)[O-])c2)c(Cl)c1.[Na+]. The zero-order chi connectivity index (χ0) is 25.2. The van der Waals surface area contributed by atoms with E-state index < -0.39 is 27.9 Å². The van der Waals surface area contributed by atoms with Crippen LogP contribution in [0.15, 0.2) is 47.4 Å². The van der Waals surface area contributed by atoms with E-state index in [0.29, 0.717) is 6.29 Å². The molecule has 13 heteroatoms. The molecular weight excluding hydrogens is 573 g/mol. The molecule has 0 saturated heterocycles. The van der Waals surface area contributed by atoms with Gasteiger partial charge in [-0.25, -0.2) is 9.59 Å². The van der Waals surface area contributed by atoms with Crippen molar-refractivity contribution in [1.29, 1.82) is 0 Å². The third-order valence-corrected chi connectivity index (χ3v) is 6.00. The maximum atomic E-state index is 12.7. The Kier molecular flexibility index (Phi) is 10.8. The largest absolute Gasteiger partial charge is 1.00 e. The standard InChI is InChI=1S/C22H12Cl4O7S.Na/c1-10-2-15(23)19(16(24)3-10)32-21(28)12-6-13(8-14(7-12)34(30)31)22(29)33-20-17(25)4-11(9-27)5-18(20)26;/h2-9H,1H3,(H,30,31);/q;+1/p-1. The third-order valence-electron chi connectivity index (χ3n) is 4.26. The van der Waals surface area contributed by atoms with Gasteiger partial charge in [-0.1, -0.05) is 46.4 Å². The van der Waals surface area contributed by atoms with Crippen molar-refractivity contribution in [3.8, 4) is 11.5 Å². The Balaban J connectivity index is 0.00000432. The van der Waals surface area contributed by atoms with E-state index in [1.54, 1.807) is 6.92 Å². The molecule has 176 valence electrons. The minimum Gasteiger partial charge on any atom is -0.768 e. The number of halogens is 4. The van der Waals surface area contributed by atoms with Crippen molar-refractivity contribution >= 4 is 75.7 Å². The molecule has 3 rings (SSSR count). The first-order valence-corrected chi connectivity index (χ1v) is 11.7. The van der Waals surface area contributed by atoms with E-state index in [4.69, 9.17) is 55.9 Å². The molecule has 0 saturated carbocycles. The van der Waals surface area contributed by atoms with E-state index in [0.717, 1.165) is 23.8 Å². The number of carbonyl (C=O) groups is 3. The van der Waals surface area contributed by atoms with Crippen LogP contribution in [0, 0.1) is 6.92 Å². The van der Waals surface area contributed by atoms with Gasteiger partial charge in [-0.2, -0.15) is 0 Å².